The lowest BCUT2D eigenvalue weighted by molar-refractivity contribution is -0.131. The number of hydrogen-bond donors (Lipinski definition) is 2. The van der Waals surface area contributed by atoms with Crippen molar-refractivity contribution >= 4 is 23.4 Å². The molecule has 0 bridgehead atoms. The van der Waals surface area contributed by atoms with Gasteiger partial charge in [0.15, 0.2) is 11.5 Å². The Morgan fingerprint density at radius 3 is 2.04 bits per heavy atom. The van der Waals surface area contributed by atoms with Crippen LogP contribution in [0.25, 0.3) is 6.08 Å². The van der Waals surface area contributed by atoms with Crippen molar-refractivity contribution in [2.24, 2.45) is 0 Å². The zero-order chi connectivity index (χ0) is 18.9. The highest BCUT2D eigenvalue weighted by molar-refractivity contribution is 5.85. The first-order valence-corrected chi connectivity index (χ1v) is 8.38. The van der Waals surface area contributed by atoms with E-state index in [2.05, 4.69) is 5.32 Å². The molecule has 0 saturated heterocycles. The Balaban J connectivity index is 0.000000156. The number of para-hydroxylation sites is 2. The number of fused-ring (bicyclic) bond motifs is 1. The number of carboxylic acid groups (broad SMARTS) is 1. The van der Waals surface area contributed by atoms with Crippen LogP contribution in [-0.2, 0) is 4.79 Å². The summed E-state index contributed by atoms with van der Waals surface area (Å²) < 4.78 is 10.3. The fourth-order valence-corrected chi connectivity index (χ4v) is 2.39. The average Bonchev–Trinajstić information content (AvgIpc) is 3.16. The SMILES string of the molecule is O=C(O)C=Cc1ccc2c(c1)OCO2.c1ccc(Nc2ccccc2)cc1. The van der Waals surface area contributed by atoms with E-state index in [-0.39, 0.29) is 6.79 Å². The second-order valence-corrected chi connectivity index (χ2v) is 5.64. The van der Waals surface area contributed by atoms with Gasteiger partial charge in [-0.25, -0.2) is 4.79 Å². The third-order valence-corrected chi connectivity index (χ3v) is 3.65. The minimum Gasteiger partial charge on any atom is -0.478 e. The highest BCUT2D eigenvalue weighted by atomic mass is 16.7. The van der Waals surface area contributed by atoms with Crippen LogP contribution in [0.1, 0.15) is 5.56 Å². The molecule has 1 heterocycles. The second kappa shape index (κ2) is 9.10. The summed E-state index contributed by atoms with van der Waals surface area (Å²) in [6.07, 6.45) is 2.59. The highest BCUT2D eigenvalue weighted by Crippen LogP contribution is 2.32. The summed E-state index contributed by atoms with van der Waals surface area (Å²) in [5.41, 5.74) is 3.01. The third-order valence-electron chi connectivity index (χ3n) is 3.65. The molecular formula is C22H19NO4. The quantitative estimate of drug-likeness (QED) is 0.644. The molecule has 0 amide bonds. The van der Waals surface area contributed by atoms with Crippen molar-refractivity contribution < 1.29 is 19.4 Å². The molecule has 0 unspecified atom stereocenters. The van der Waals surface area contributed by atoms with E-state index in [1.54, 1.807) is 18.2 Å². The lowest BCUT2D eigenvalue weighted by Crippen LogP contribution is -1.92. The maximum absolute atomic E-state index is 10.3. The molecule has 3 aromatic carbocycles. The minimum atomic E-state index is -0.970. The molecule has 4 rings (SSSR count). The zero-order valence-corrected chi connectivity index (χ0v) is 14.5. The van der Waals surface area contributed by atoms with E-state index >= 15 is 0 Å². The summed E-state index contributed by atoms with van der Waals surface area (Å²) in [7, 11) is 0. The lowest BCUT2D eigenvalue weighted by atomic mass is 10.2. The summed E-state index contributed by atoms with van der Waals surface area (Å²) in [4.78, 5) is 10.3. The Labute approximate surface area is 157 Å². The summed E-state index contributed by atoms with van der Waals surface area (Å²) >= 11 is 0. The molecule has 0 atom stereocenters. The Hall–Kier alpha value is -3.73. The summed E-state index contributed by atoms with van der Waals surface area (Å²) in [6, 6.07) is 25.6. The molecule has 0 spiro atoms. The Morgan fingerprint density at radius 1 is 0.852 bits per heavy atom. The fraction of sp³-hybridized carbons (Fsp3) is 0.0455. The predicted octanol–water partition coefficient (Wildman–Crippen LogP) is 4.94. The second-order valence-electron chi connectivity index (χ2n) is 5.64. The van der Waals surface area contributed by atoms with Crippen LogP contribution in [0.5, 0.6) is 11.5 Å². The molecule has 5 nitrogen and oxygen atoms in total. The van der Waals surface area contributed by atoms with Gasteiger partial charge in [-0.15, -0.1) is 0 Å². The number of hydrogen-bond acceptors (Lipinski definition) is 4. The average molecular weight is 361 g/mol. The van der Waals surface area contributed by atoms with E-state index in [1.165, 1.54) is 6.08 Å². The summed E-state index contributed by atoms with van der Waals surface area (Å²) in [6.45, 7) is 0.224. The van der Waals surface area contributed by atoms with Crippen molar-refractivity contribution in [3.8, 4) is 11.5 Å². The maximum atomic E-state index is 10.3. The molecule has 0 aromatic heterocycles. The van der Waals surface area contributed by atoms with Gasteiger partial charge in [0.1, 0.15) is 0 Å². The van der Waals surface area contributed by atoms with Gasteiger partial charge in [0, 0.05) is 17.5 Å². The first-order chi connectivity index (χ1) is 13.2. The van der Waals surface area contributed by atoms with Gasteiger partial charge in [-0.05, 0) is 48.0 Å². The molecule has 0 aliphatic carbocycles. The summed E-state index contributed by atoms with van der Waals surface area (Å²) in [5.74, 6) is 0.373. The van der Waals surface area contributed by atoms with Gasteiger partial charge in [0.25, 0.3) is 0 Å². The number of aliphatic carboxylic acids is 1. The van der Waals surface area contributed by atoms with Crippen LogP contribution >= 0.6 is 0 Å². The van der Waals surface area contributed by atoms with Crippen LogP contribution in [0.15, 0.2) is 84.9 Å². The van der Waals surface area contributed by atoms with Gasteiger partial charge in [-0.3, -0.25) is 0 Å². The first-order valence-electron chi connectivity index (χ1n) is 8.38. The van der Waals surface area contributed by atoms with Crippen LogP contribution in [0.2, 0.25) is 0 Å². The number of rotatable bonds is 4. The molecule has 0 fully saturated rings. The van der Waals surface area contributed by atoms with E-state index in [0.29, 0.717) is 11.5 Å². The molecule has 0 radical (unpaired) electrons. The molecule has 0 saturated carbocycles. The topological polar surface area (TPSA) is 67.8 Å². The molecule has 136 valence electrons. The number of carbonyl (C=O) groups is 1. The Kier molecular flexibility index (Phi) is 6.09. The zero-order valence-electron chi connectivity index (χ0n) is 14.5. The van der Waals surface area contributed by atoms with Crippen molar-refractivity contribution in [1.29, 1.82) is 0 Å². The Morgan fingerprint density at radius 2 is 1.44 bits per heavy atom. The van der Waals surface area contributed by atoms with Crippen LogP contribution in [0.3, 0.4) is 0 Å². The van der Waals surface area contributed by atoms with Crippen LogP contribution < -0.4 is 14.8 Å². The molecular weight excluding hydrogens is 342 g/mol. The fourth-order valence-electron chi connectivity index (χ4n) is 2.39. The number of benzene rings is 3. The van der Waals surface area contributed by atoms with Crippen molar-refractivity contribution in [1.82, 2.24) is 0 Å². The van der Waals surface area contributed by atoms with E-state index in [1.807, 2.05) is 60.7 Å². The van der Waals surface area contributed by atoms with Crippen molar-refractivity contribution in [2.75, 3.05) is 12.1 Å². The molecule has 1 aliphatic rings. The number of ether oxygens (including phenoxy) is 2. The molecule has 2 N–H and O–H groups in total. The van der Waals surface area contributed by atoms with Gasteiger partial charge in [-0.2, -0.15) is 0 Å². The van der Waals surface area contributed by atoms with Crippen LogP contribution in [0.4, 0.5) is 11.4 Å². The number of nitrogens with one attached hydrogen (secondary N) is 1. The Bertz CT molecular complexity index is 871. The van der Waals surface area contributed by atoms with Crippen molar-refractivity contribution in [3.05, 3.63) is 90.5 Å². The van der Waals surface area contributed by atoms with Crippen LogP contribution in [-0.4, -0.2) is 17.9 Å². The number of anilines is 2. The van der Waals surface area contributed by atoms with E-state index in [0.717, 1.165) is 23.0 Å². The highest BCUT2D eigenvalue weighted by Gasteiger charge is 2.12. The molecule has 1 aliphatic heterocycles. The van der Waals surface area contributed by atoms with E-state index < -0.39 is 5.97 Å². The van der Waals surface area contributed by atoms with Crippen molar-refractivity contribution in [3.63, 3.8) is 0 Å². The smallest absolute Gasteiger partial charge is 0.328 e. The van der Waals surface area contributed by atoms with E-state index in [9.17, 15) is 4.79 Å². The standard InChI is InChI=1S/C12H11N.C10H8O4/c1-3-7-11(8-4-1)13-12-9-5-2-6-10-12;11-10(12)4-2-7-1-3-8-9(5-7)14-6-13-8/h1-10,13H;1-5H,6H2,(H,11,12). The van der Waals surface area contributed by atoms with Crippen molar-refractivity contribution in [2.45, 2.75) is 0 Å². The molecule has 5 heteroatoms. The van der Waals surface area contributed by atoms with Crippen LogP contribution in [0, 0.1) is 0 Å². The largest absolute Gasteiger partial charge is 0.478 e. The van der Waals surface area contributed by atoms with E-state index in [4.69, 9.17) is 14.6 Å². The van der Waals surface area contributed by atoms with Gasteiger partial charge in [-0.1, -0.05) is 42.5 Å². The third kappa shape index (κ3) is 5.64. The first kappa shape index (κ1) is 18.1. The van der Waals surface area contributed by atoms with Gasteiger partial charge < -0.3 is 19.9 Å². The molecule has 3 aromatic rings. The predicted molar refractivity (Wildman–Crippen MR) is 105 cm³/mol. The minimum absolute atomic E-state index is 0.224. The monoisotopic (exact) mass is 361 g/mol. The normalized spacial score (nSPS) is 11.6. The number of carboxylic acids is 1. The molecule has 27 heavy (non-hydrogen) atoms. The maximum Gasteiger partial charge on any atom is 0.328 e. The summed E-state index contributed by atoms with van der Waals surface area (Å²) in [5, 5.41) is 11.7. The van der Waals surface area contributed by atoms with Gasteiger partial charge >= 0.3 is 5.97 Å². The van der Waals surface area contributed by atoms with Gasteiger partial charge in [0.05, 0.1) is 0 Å². The van der Waals surface area contributed by atoms with Gasteiger partial charge in [0.2, 0.25) is 6.79 Å². The lowest BCUT2D eigenvalue weighted by Gasteiger charge is -2.04.